The minimum absolute atomic E-state index is 0.0403. The van der Waals surface area contributed by atoms with Crippen LogP contribution in [0.4, 0.5) is 0 Å². The zero-order valence-electron chi connectivity index (χ0n) is 17.4. The van der Waals surface area contributed by atoms with Crippen LogP contribution in [-0.2, 0) is 14.3 Å². The highest BCUT2D eigenvalue weighted by atomic mass is 16.6. The Bertz CT molecular complexity index is 671. The molecule has 0 amide bonds. The number of Topliss-reactive ketones (excluding diaryl/α,β-unsaturated/α-hetero) is 1. The number of hydrogen-bond acceptors (Lipinski definition) is 3. The molecule has 150 valence electrons. The minimum Gasteiger partial charge on any atom is -0.458 e. The summed E-state index contributed by atoms with van der Waals surface area (Å²) in [4.78, 5) is 24.4. The van der Waals surface area contributed by atoms with Crippen LogP contribution in [0.5, 0.6) is 0 Å². The van der Waals surface area contributed by atoms with E-state index in [2.05, 4.69) is 20.8 Å². The molecular formula is C24H36O3. The van der Waals surface area contributed by atoms with Crippen LogP contribution in [0, 0.1) is 40.4 Å². The average Bonchev–Trinajstić information content (AvgIpc) is 2.92. The van der Waals surface area contributed by atoms with E-state index in [1.54, 1.807) is 0 Å². The molecule has 0 aromatic rings. The molecule has 0 bridgehead atoms. The summed E-state index contributed by atoms with van der Waals surface area (Å²) in [6, 6.07) is 0. The van der Waals surface area contributed by atoms with E-state index in [9.17, 15) is 9.59 Å². The third kappa shape index (κ3) is 2.26. The summed E-state index contributed by atoms with van der Waals surface area (Å²) >= 11 is 0. The maximum atomic E-state index is 12.3. The van der Waals surface area contributed by atoms with Crippen molar-refractivity contribution in [3.05, 3.63) is 0 Å². The average molecular weight is 373 g/mol. The normalized spacial score (nSPS) is 54.9. The van der Waals surface area contributed by atoms with Gasteiger partial charge in [0, 0.05) is 24.7 Å². The Morgan fingerprint density at radius 1 is 0.889 bits per heavy atom. The van der Waals surface area contributed by atoms with Crippen molar-refractivity contribution < 1.29 is 14.3 Å². The van der Waals surface area contributed by atoms with E-state index >= 15 is 0 Å². The van der Waals surface area contributed by atoms with Crippen LogP contribution in [0.25, 0.3) is 0 Å². The molecule has 1 aliphatic heterocycles. The summed E-state index contributed by atoms with van der Waals surface area (Å²) in [5, 5.41) is 0. The summed E-state index contributed by atoms with van der Waals surface area (Å²) in [6.07, 6.45) is 11.6. The second kappa shape index (κ2) is 5.83. The molecule has 0 radical (unpaired) electrons. The van der Waals surface area contributed by atoms with Gasteiger partial charge in [-0.2, -0.15) is 0 Å². The molecular weight excluding hydrogens is 336 g/mol. The lowest BCUT2D eigenvalue weighted by Gasteiger charge is -2.62. The highest BCUT2D eigenvalue weighted by Gasteiger charge is 2.68. The number of ketones is 1. The number of carbonyl (C=O) groups excluding carboxylic acids is 2. The number of rotatable bonds is 0. The van der Waals surface area contributed by atoms with Gasteiger partial charge in [0.15, 0.2) is 0 Å². The van der Waals surface area contributed by atoms with Gasteiger partial charge in [-0.15, -0.1) is 0 Å². The molecule has 0 aromatic heterocycles. The minimum atomic E-state index is -0.210. The van der Waals surface area contributed by atoms with Crippen LogP contribution in [0.15, 0.2) is 0 Å². The first-order valence-corrected chi connectivity index (χ1v) is 11.5. The second-order valence-corrected chi connectivity index (χ2v) is 11.2. The molecule has 4 saturated carbocycles. The summed E-state index contributed by atoms with van der Waals surface area (Å²) in [7, 11) is 0. The lowest BCUT2D eigenvalue weighted by atomic mass is 9.44. The lowest BCUT2D eigenvalue weighted by molar-refractivity contribution is -0.212. The molecule has 3 nitrogen and oxygen atoms in total. The number of hydrogen-bond donors (Lipinski definition) is 0. The SMILES string of the molecule is C[C@@H]1CCC(=O)O[C@@]12CC[C@H]1[C@@H]3CC[C@@H]4CC(=O)CC[C@]4(C)[C@H]3CC[C@@]12C. The summed E-state index contributed by atoms with van der Waals surface area (Å²) in [6.45, 7) is 7.31. The van der Waals surface area contributed by atoms with Crippen molar-refractivity contribution >= 4 is 11.8 Å². The zero-order valence-corrected chi connectivity index (χ0v) is 17.4. The predicted octanol–water partition coefficient (Wildman–Crippen LogP) is 5.31. The van der Waals surface area contributed by atoms with Crippen LogP contribution < -0.4 is 0 Å². The standard InChI is InChI=1S/C24H36O3/c1-15-4-7-21(26)27-24(15)13-10-20-18-6-5-16-14-17(25)8-11-22(16,2)19(18)9-12-23(20,24)3/h15-16,18-20H,4-14H2,1-3H3/t15-,16-,18-,19+,20+,22+,23+,24+/m1/s1. The first kappa shape index (κ1) is 18.2. The van der Waals surface area contributed by atoms with Crippen molar-refractivity contribution in [2.75, 3.05) is 0 Å². The van der Waals surface area contributed by atoms with E-state index < -0.39 is 0 Å². The molecule has 5 fully saturated rings. The van der Waals surface area contributed by atoms with Crippen molar-refractivity contribution in [1.29, 1.82) is 0 Å². The van der Waals surface area contributed by atoms with Crippen LogP contribution >= 0.6 is 0 Å². The van der Waals surface area contributed by atoms with E-state index in [0.29, 0.717) is 35.4 Å². The maximum Gasteiger partial charge on any atom is 0.306 e. The Balaban J connectivity index is 1.47. The smallest absolute Gasteiger partial charge is 0.306 e. The van der Waals surface area contributed by atoms with Gasteiger partial charge >= 0.3 is 5.97 Å². The van der Waals surface area contributed by atoms with Gasteiger partial charge in [0.1, 0.15) is 11.4 Å². The summed E-state index contributed by atoms with van der Waals surface area (Å²) in [5.74, 6) is 3.88. The molecule has 0 unspecified atom stereocenters. The van der Waals surface area contributed by atoms with E-state index in [-0.39, 0.29) is 17.0 Å². The number of esters is 1. The van der Waals surface area contributed by atoms with Crippen molar-refractivity contribution in [2.45, 2.75) is 97.0 Å². The first-order chi connectivity index (χ1) is 12.8. The third-order valence-corrected chi connectivity index (χ3v) is 10.5. The fraction of sp³-hybridized carbons (Fsp3) is 0.917. The molecule has 3 heteroatoms. The molecule has 0 aromatic carbocycles. The van der Waals surface area contributed by atoms with Crippen molar-refractivity contribution in [2.24, 2.45) is 40.4 Å². The molecule has 1 heterocycles. The van der Waals surface area contributed by atoms with E-state index in [4.69, 9.17) is 4.74 Å². The van der Waals surface area contributed by atoms with E-state index in [0.717, 1.165) is 43.9 Å². The Hall–Kier alpha value is -0.860. The molecule has 5 aliphatic rings. The molecule has 5 rings (SSSR count). The number of ether oxygens (including phenoxy) is 1. The second-order valence-electron chi connectivity index (χ2n) is 11.2. The third-order valence-electron chi connectivity index (χ3n) is 10.5. The van der Waals surface area contributed by atoms with Gasteiger partial charge in [-0.1, -0.05) is 20.8 Å². The van der Waals surface area contributed by atoms with Crippen LogP contribution in [0.1, 0.15) is 91.4 Å². The molecule has 27 heavy (non-hydrogen) atoms. The van der Waals surface area contributed by atoms with Gasteiger partial charge in [-0.25, -0.2) is 0 Å². The Kier molecular flexibility index (Phi) is 3.93. The fourth-order valence-corrected chi connectivity index (χ4v) is 8.98. The lowest BCUT2D eigenvalue weighted by Crippen LogP contribution is -2.60. The highest BCUT2D eigenvalue weighted by molar-refractivity contribution is 5.79. The molecule has 8 atom stereocenters. The van der Waals surface area contributed by atoms with Gasteiger partial charge in [-0.05, 0) is 86.4 Å². The van der Waals surface area contributed by atoms with Crippen LogP contribution in [0.2, 0.25) is 0 Å². The molecule has 4 aliphatic carbocycles. The Labute approximate surface area is 164 Å². The van der Waals surface area contributed by atoms with Crippen molar-refractivity contribution in [3.8, 4) is 0 Å². The first-order valence-electron chi connectivity index (χ1n) is 11.5. The fourth-order valence-electron chi connectivity index (χ4n) is 8.98. The van der Waals surface area contributed by atoms with Crippen molar-refractivity contribution in [1.82, 2.24) is 0 Å². The van der Waals surface area contributed by atoms with Gasteiger partial charge in [-0.3, -0.25) is 9.59 Å². The van der Waals surface area contributed by atoms with Gasteiger partial charge in [0.05, 0.1) is 0 Å². The monoisotopic (exact) mass is 372 g/mol. The highest BCUT2D eigenvalue weighted by Crippen LogP contribution is 2.70. The van der Waals surface area contributed by atoms with Crippen LogP contribution in [-0.4, -0.2) is 17.4 Å². The van der Waals surface area contributed by atoms with Gasteiger partial charge in [0.25, 0.3) is 0 Å². The Morgan fingerprint density at radius 3 is 2.48 bits per heavy atom. The van der Waals surface area contributed by atoms with Gasteiger partial charge in [0.2, 0.25) is 0 Å². The number of fused-ring (bicyclic) bond motifs is 6. The molecule has 0 N–H and O–H groups in total. The van der Waals surface area contributed by atoms with Crippen LogP contribution in [0.3, 0.4) is 0 Å². The Morgan fingerprint density at radius 2 is 1.67 bits per heavy atom. The summed E-state index contributed by atoms with van der Waals surface area (Å²) < 4.78 is 6.26. The molecule has 1 spiro atoms. The quantitative estimate of drug-likeness (QED) is 0.541. The zero-order chi connectivity index (χ0) is 19.0. The maximum absolute atomic E-state index is 12.3. The van der Waals surface area contributed by atoms with E-state index in [1.807, 2.05) is 0 Å². The number of carbonyl (C=O) groups is 2. The largest absolute Gasteiger partial charge is 0.458 e. The topological polar surface area (TPSA) is 43.4 Å². The van der Waals surface area contributed by atoms with Crippen molar-refractivity contribution in [3.63, 3.8) is 0 Å². The van der Waals surface area contributed by atoms with Gasteiger partial charge < -0.3 is 4.74 Å². The predicted molar refractivity (Wildman–Crippen MR) is 104 cm³/mol. The molecule has 1 saturated heterocycles. The van der Waals surface area contributed by atoms with E-state index in [1.165, 1.54) is 32.1 Å². The summed E-state index contributed by atoms with van der Waals surface area (Å²) in [5.41, 5.74) is 0.304.